The largest absolute Gasteiger partial charge is 0.205 e. The minimum absolute atomic E-state index is 0.219. The van der Waals surface area contributed by atoms with E-state index in [1.54, 1.807) is 6.07 Å². The van der Waals surface area contributed by atoms with Gasteiger partial charge in [-0.3, -0.25) is 0 Å². The van der Waals surface area contributed by atoms with Crippen LogP contribution >= 0.6 is 23.2 Å². The molecule has 0 nitrogen and oxygen atoms in total. The lowest BCUT2D eigenvalue weighted by Gasteiger charge is -2.05. The molecule has 1 aromatic carbocycles. The molecule has 0 saturated heterocycles. The van der Waals surface area contributed by atoms with E-state index in [-0.39, 0.29) is 10.8 Å². The highest BCUT2D eigenvalue weighted by molar-refractivity contribution is 6.31. The van der Waals surface area contributed by atoms with Crippen LogP contribution in [0, 0.1) is 5.82 Å². The molecule has 0 radical (unpaired) electrons. The van der Waals surface area contributed by atoms with Crippen LogP contribution in [0.25, 0.3) is 0 Å². The molecular formula is C12H13Cl2F. The van der Waals surface area contributed by atoms with Crippen LogP contribution in [0.5, 0.6) is 0 Å². The van der Waals surface area contributed by atoms with Gasteiger partial charge in [0.25, 0.3) is 0 Å². The third kappa shape index (κ3) is 3.84. The molecule has 0 heterocycles. The van der Waals surface area contributed by atoms with E-state index in [9.17, 15) is 4.39 Å². The lowest BCUT2D eigenvalue weighted by Crippen LogP contribution is -1.91. The molecule has 0 saturated carbocycles. The Balaban J connectivity index is 2.76. The Morgan fingerprint density at radius 2 is 2.20 bits per heavy atom. The molecule has 0 aliphatic carbocycles. The maximum absolute atomic E-state index is 13.1. The summed E-state index contributed by atoms with van der Waals surface area (Å²) in [7, 11) is 0. The van der Waals surface area contributed by atoms with Crippen LogP contribution in [-0.2, 0) is 6.42 Å². The highest BCUT2D eigenvalue weighted by Gasteiger charge is 2.05. The summed E-state index contributed by atoms with van der Waals surface area (Å²) in [4.78, 5) is 0. The number of alkyl halides is 1. The molecule has 0 bridgehead atoms. The van der Waals surface area contributed by atoms with Crippen LogP contribution in [0.4, 0.5) is 4.39 Å². The smallest absolute Gasteiger partial charge is 0.142 e. The van der Waals surface area contributed by atoms with Gasteiger partial charge in [0.2, 0.25) is 0 Å². The molecule has 0 atom stereocenters. The van der Waals surface area contributed by atoms with Crippen molar-refractivity contribution in [1.82, 2.24) is 0 Å². The molecule has 0 N–H and O–H groups in total. The molecule has 15 heavy (non-hydrogen) atoms. The number of halogens is 3. The Morgan fingerprint density at radius 1 is 1.47 bits per heavy atom. The predicted molar refractivity (Wildman–Crippen MR) is 64.2 cm³/mol. The van der Waals surface area contributed by atoms with E-state index in [0.29, 0.717) is 12.3 Å². The van der Waals surface area contributed by atoms with E-state index >= 15 is 0 Å². The minimum atomic E-state index is -0.362. The first-order valence-electron chi connectivity index (χ1n) is 4.79. The Morgan fingerprint density at radius 3 is 2.87 bits per heavy atom. The lowest BCUT2D eigenvalue weighted by molar-refractivity contribution is 0.626. The third-order valence-electron chi connectivity index (χ3n) is 2.10. The van der Waals surface area contributed by atoms with Crippen molar-refractivity contribution >= 4 is 23.2 Å². The zero-order valence-corrected chi connectivity index (χ0v) is 10.1. The number of allylic oxidation sites excluding steroid dienone is 2. The molecule has 0 unspecified atom stereocenters. The standard InChI is InChI=1S/C12H13Cl2F/c1-9(4-3-7-13)8-10-5-2-6-11(15)12(10)14/h2,4-6H,3,7-8H2,1H3/b9-4-. The van der Waals surface area contributed by atoms with Crippen molar-refractivity contribution in [3.63, 3.8) is 0 Å². The molecule has 0 aromatic heterocycles. The number of hydrogen-bond donors (Lipinski definition) is 0. The Bertz CT molecular complexity index is 359. The van der Waals surface area contributed by atoms with E-state index in [1.165, 1.54) is 6.07 Å². The zero-order chi connectivity index (χ0) is 11.3. The second kappa shape index (κ2) is 6.14. The highest BCUT2D eigenvalue weighted by Crippen LogP contribution is 2.22. The Labute approximate surface area is 99.7 Å². The summed E-state index contributed by atoms with van der Waals surface area (Å²) in [5, 5.41) is 0.219. The lowest BCUT2D eigenvalue weighted by atomic mass is 10.1. The molecular weight excluding hydrogens is 234 g/mol. The fraction of sp³-hybridized carbons (Fsp3) is 0.333. The van der Waals surface area contributed by atoms with E-state index < -0.39 is 0 Å². The number of rotatable bonds is 4. The molecule has 1 rings (SSSR count). The summed E-state index contributed by atoms with van der Waals surface area (Å²) >= 11 is 11.4. The summed E-state index contributed by atoms with van der Waals surface area (Å²) < 4.78 is 13.1. The average Bonchev–Trinajstić information content (AvgIpc) is 2.22. The van der Waals surface area contributed by atoms with Crippen LogP contribution in [-0.4, -0.2) is 5.88 Å². The van der Waals surface area contributed by atoms with Crippen molar-refractivity contribution in [2.75, 3.05) is 5.88 Å². The van der Waals surface area contributed by atoms with Gasteiger partial charge in [0.1, 0.15) is 5.82 Å². The maximum Gasteiger partial charge on any atom is 0.142 e. The summed E-state index contributed by atoms with van der Waals surface area (Å²) in [6, 6.07) is 4.87. The van der Waals surface area contributed by atoms with Gasteiger partial charge in [-0.2, -0.15) is 0 Å². The summed E-state index contributed by atoms with van der Waals surface area (Å²) in [5.41, 5.74) is 1.98. The van der Waals surface area contributed by atoms with Gasteiger partial charge in [-0.15, -0.1) is 11.6 Å². The summed E-state index contributed by atoms with van der Waals surface area (Å²) in [6.07, 6.45) is 3.56. The normalized spacial score (nSPS) is 11.9. The summed E-state index contributed by atoms with van der Waals surface area (Å²) in [6.45, 7) is 1.99. The van der Waals surface area contributed by atoms with Gasteiger partial charge in [-0.25, -0.2) is 4.39 Å². The van der Waals surface area contributed by atoms with Gasteiger partial charge in [0.15, 0.2) is 0 Å². The van der Waals surface area contributed by atoms with Crippen molar-refractivity contribution in [2.45, 2.75) is 19.8 Å². The topological polar surface area (TPSA) is 0 Å². The van der Waals surface area contributed by atoms with Crippen LogP contribution in [0.3, 0.4) is 0 Å². The quantitative estimate of drug-likeness (QED) is 0.539. The van der Waals surface area contributed by atoms with Crippen molar-refractivity contribution in [1.29, 1.82) is 0 Å². The fourth-order valence-electron chi connectivity index (χ4n) is 1.36. The van der Waals surface area contributed by atoms with Crippen LogP contribution in [0.1, 0.15) is 18.9 Å². The first-order valence-corrected chi connectivity index (χ1v) is 5.71. The van der Waals surface area contributed by atoms with Crippen LogP contribution in [0.15, 0.2) is 29.8 Å². The van der Waals surface area contributed by atoms with E-state index in [1.807, 2.05) is 19.1 Å². The molecule has 0 spiro atoms. The molecule has 82 valence electrons. The van der Waals surface area contributed by atoms with E-state index in [2.05, 4.69) is 0 Å². The van der Waals surface area contributed by atoms with Crippen molar-refractivity contribution in [2.24, 2.45) is 0 Å². The first kappa shape index (κ1) is 12.5. The predicted octanol–water partition coefficient (Wildman–Crippen LogP) is 4.60. The second-order valence-corrected chi connectivity index (χ2v) is 4.17. The van der Waals surface area contributed by atoms with Gasteiger partial charge in [0.05, 0.1) is 5.02 Å². The molecule has 0 aliphatic rings. The summed E-state index contributed by atoms with van der Waals surface area (Å²) in [5.74, 6) is 0.244. The number of hydrogen-bond acceptors (Lipinski definition) is 0. The van der Waals surface area contributed by atoms with Crippen molar-refractivity contribution < 1.29 is 4.39 Å². The van der Waals surface area contributed by atoms with E-state index in [0.717, 1.165) is 17.6 Å². The minimum Gasteiger partial charge on any atom is -0.205 e. The van der Waals surface area contributed by atoms with Gasteiger partial charge in [-0.05, 0) is 31.4 Å². The average molecular weight is 247 g/mol. The molecule has 0 fully saturated rings. The Hall–Kier alpha value is -0.530. The first-order chi connectivity index (χ1) is 7.15. The van der Waals surface area contributed by atoms with Crippen molar-refractivity contribution in [3.05, 3.63) is 46.3 Å². The van der Waals surface area contributed by atoms with Crippen molar-refractivity contribution in [3.8, 4) is 0 Å². The molecule has 1 aromatic rings. The monoisotopic (exact) mass is 246 g/mol. The van der Waals surface area contributed by atoms with Gasteiger partial charge in [-0.1, -0.05) is 35.4 Å². The second-order valence-electron chi connectivity index (χ2n) is 3.42. The van der Waals surface area contributed by atoms with E-state index in [4.69, 9.17) is 23.2 Å². The Kier molecular flexibility index (Phi) is 5.13. The highest BCUT2D eigenvalue weighted by atomic mass is 35.5. The van der Waals surface area contributed by atoms with Crippen LogP contribution in [0.2, 0.25) is 5.02 Å². The molecule has 0 amide bonds. The zero-order valence-electron chi connectivity index (χ0n) is 8.56. The molecule has 0 aliphatic heterocycles. The van der Waals surface area contributed by atoms with Crippen LogP contribution < -0.4 is 0 Å². The molecule has 3 heteroatoms. The van der Waals surface area contributed by atoms with Gasteiger partial charge >= 0.3 is 0 Å². The SMILES string of the molecule is C/C(=C/CCCl)Cc1cccc(F)c1Cl. The third-order valence-corrected chi connectivity index (χ3v) is 2.74. The fourth-order valence-corrected chi connectivity index (χ4v) is 1.66. The maximum atomic E-state index is 13.1. The number of benzene rings is 1. The van der Waals surface area contributed by atoms with Gasteiger partial charge in [0, 0.05) is 5.88 Å². The van der Waals surface area contributed by atoms with Gasteiger partial charge < -0.3 is 0 Å².